The van der Waals surface area contributed by atoms with E-state index in [4.69, 9.17) is 0 Å². The number of halogens is 1. The zero-order chi connectivity index (χ0) is 18.3. The fourth-order valence-corrected chi connectivity index (χ4v) is 5.32. The third kappa shape index (κ3) is 1.93. The maximum atomic E-state index is 3.74. The minimum atomic E-state index is 1.17. The lowest BCUT2D eigenvalue weighted by Gasteiger charge is -2.13. The van der Waals surface area contributed by atoms with Gasteiger partial charge in [0.1, 0.15) is 0 Å². The van der Waals surface area contributed by atoms with Gasteiger partial charge in [0, 0.05) is 4.47 Å². The summed E-state index contributed by atoms with van der Waals surface area (Å²) >= 11 is 3.74. The molecule has 5 aromatic rings. The molecule has 0 spiro atoms. The van der Waals surface area contributed by atoms with Gasteiger partial charge in [-0.2, -0.15) is 0 Å². The average molecular weight is 409 g/mol. The minimum absolute atomic E-state index is 1.17. The molecule has 0 aromatic heterocycles. The highest BCUT2D eigenvalue weighted by molar-refractivity contribution is 9.10. The second-order valence-corrected chi connectivity index (χ2v) is 8.49. The van der Waals surface area contributed by atoms with Gasteiger partial charge in [-0.1, -0.05) is 76.1 Å². The smallest absolute Gasteiger partial charge is 0.0254 e. The molecule has 1 aliphatic rings. The van der Waals surface area contributed by atoms with Crippen molar-refractivity contribution >= 4 is 48.2 Å². The van der Waals surface area contributed by atoms with E-state index < -0.39 is 0 Å². The Kier molecular flexibility index (Phi) is 2.97. The maximum Gasteiger partial charge on any atom is 0.0254 e. The average Bonchev–Trinajstić information content (AvgIpc) is 3.00. The number of aryl methyl sites for hydroxylation is 2. The summed E-state index contributed by atoms with van der Waals surface area (Å²) in [4.78, 5) is 0. The molecule has 0 radical (unpaired) electrons. The Hall–Kier alpha value is -2.64. The minimum Gasteiger partial charge on any atom is -0.0610 e. The molecule has 0 aliphatic heterocycles. The van der Waals surface area contributed by atoms with Crippen LogP contribution in [0.15, 0.2) is 71.2 Å². The molecule has 0 amide bonds. The van der Waals surface area contributed by atoms with Gasteiger partial charge in [0.15, 0.2) is 0 Å². The van der Waals surface area contributed by atoms with E-state index in [9.17, 15) is 0 Å². The molecular weight excluding hydrogens is 392 g/mol. The summed E-state index contributed by atoms with van der Waals surface area (Å²) in [5, 5.41) is 8.05. The molecule has 0 nitrogen and oxygen atoms in total. The van der Waals surface area contributed by atoms with Crippen molar-refractivity contribution in [3.8, 4) is 22.3 Å². The Labute approximate surface area is 166 Å². The molecule has 0 saturated heterocycles. The van der Waals surface area contributed by atoms with Crippen molar-refractivity contribution in [2.75, 3.05) is 0 Å². The van der Waals surface area contributed by atoms with Crippen LogP contribution in [-0.4, -0.2) is 0 Å². The van der Waals surface area contributed by atoms with E-state index >= 15 is 0 Å². The SMILES string of the molecule is Cc1ccc2ccc3c(C)c4c(cc3c2c1)-c1ccc(Br)c2cccc-4c12. The van der Waals surface area contributed by atoms with Crippen LogP contribution in [0.5, 0.6) is 0 Å². The first-order chi connectivity index (χ1) is 13.1. The standard InChI is InChI=1S/C26H17Br/c1-14-6-7-16-8-9-17-15(2)25-20-5-3-4-19-24(27)11-10-18(26(19)20)23(25)13-22(17)21(16)12-14/h3-13H,1-2H3. The van der Waals surface area contributed by atoms with Crippen molar-refractivity contribution in [2.24, 2.45) is 0 Å². The fourth-order valence-electron chi connectivity index (χ4n) is 4.86. The number of hydrogen-bond acceptors (Lipinski definition) is 0. The topological polar surface area (TPSA) is 0 Å². The van der Waals surface area contributed by atoms with Crippen molar-refractivity contribution in [1.82, 2.24) is 0 Å². The first-order valence-corrected chi connectivity index (χ1v) is 10.1. The first kappa shape index (κ1) is 15.4. The van der Waals surface area contributed by atoms with E-state index in [0.717, 1.165) is 0 Å². The number of hydrogen-bond donors (Lipinski definition) is 0. The summed E-state index contributed by atoms with van der Waals surface area (Å²) in [6.07, 6.45) is 0. The Balaban J connectivity index is 1.85. The zero-order valence-electron chi connectivity index (χ0n) is 15.2. The van der Waals surface area contributed by atoms with Gasteiger partial charge in [-0.3, -0.25) is 0 Å². The summed E-state index contributed by atoms with van der Waals surface area (Å²) in [6.45, 7) is 4.45. The molecular formula is C26H17Br. The lowest BCUT2D eigenvalue weighted by molar-refractivity contribution is 1.50. The second kappa shape index (κ2) is 5.21. The fraction of sp³-hybridized carbons (Fsp3) is 0.0769. The van der Waals surface area contributed by atoms with Crippen LogP contribution in [-0.2, 0) is 0 Å². The second-order valence-electron chi connectivity index (χ2n) is 7.63. The molecule has 1 aliphatic carbocycles. The van der Waals surface area contributed by atoms with Gasteiger partial charge >= 0.3 is 0 Å². The summed E-state index contributed by atoms with van der Waals surface area (Å²) in [5.74, 6) is 0. The molecule has 27 heavy (non-hydrogen) atoms. The van der Waals surface area contributed by atoms with Crippen molar-refractivity contribution < 1.29 is 0 Å². The third-order valence-corrected chi connectivity index (χ3v) is 6.79. The number of rotatable bonds is 0. The Morgan fingerprint density at radius 1 is 0.630 bits per heavy atom. The molecule has 6 rings (SSSR count). The lowest BCUT2D eigenvalue weighted by Crippen LogP contribution is -1.88. The van der Waals surface area contributed by atoms with Crippen LogP contribution in [0.2, 0.25) is 0 Å². The van der Waals surface area contributed by atoms with Crippen LogP contribution in [0.4, 0.5) is 0 Å². The molecule has 128 valence electrons. The summed E-state index contributed by atoms with van der Waals surface area (Å²) in [5.41, 5.74) is 8.17. The monoisotopic (exact) mass is 408 g/mol. The van der Waals surface area contributed by atoms with Crippen LogP contribution < -0.4 is 0 Å². The van der Waals surface area contributed by atoms with Gasteiger partial charge in [0.05, 0.1) is 0 Å². The zero-order valence-corrected chi connectivity index (χ0v) is 16.8. The summed E-state index contributed by atoms with van der Waals surface area (Å²) < 4.78 is 1.17. The predicted molar refractivity (Wildman–Crippen MR) is 121 cm³/mol. The number of fused-ring (bicyclic) bond motifs is 6. The van der Waals surface area contributed by atoms with Crippen LogP contribution >= 0.6 is 15.9 Å². The van der Waals surface area contributed by atoms with E-state index in [1.165, 1.54) is 70.2 Å². The van der Waals surface area contributed by atoms with E-state index in [-0.39, 0.29) is 0 Å². The quantitative estimate of drug-likeness (QED) is 0.222. The van der Waals surface area contributed by atoms with Crippen molar-refractivity contribution in [1.29, 1.82) is 0 Å². The van der Waals surface area contributed by atoms with Gasteiger partial charge < -0.3 is 0 Å². The molecule has 5 aromatic carbocycles. The lowest BCUT2D eigenvalue weighted by atomic mass is 9.90. The molecule has 0 saturated carbocycles. The van der Waals surface area contributed by atoms with Gasteiger partial charge in [-0.05, 0) is 86.1 Å². The molecule has 0 heterocycles. The highest BCUT2D eigenvalue weighted by Gasteiger charge is 2.25. The van der Waals surface area contributed by atoms with E-state index in [2.05, 4.69) is 96.5 Å². The van der Waals surface area contributed by atoms with Gasteiger partial charge in [0.25, 0.3) is 0 Å². The van der Waals surface area contributed by atoms with Gasteiger partial charge in [0.2, 0.25) is 0 Å². The molecule has 0 bridgehead atoms. The predicted octanol–water partition coefficient (Wildman–Crippen LogP) is 8.17. The molecule has 0 atom stereocenters. The highest BCUT2D eigenvalue weighted by Crippen LogP contribution is 2.52. The van der Waals surface area contributed by atoms with Crippen LogP contribution in [0, 0.1) is 13.8 Å². The van der Waals surface area contributed by atoms with Crippen LogP contribution in [0.3, 0.4) is 0 Å². The van der Waals surface area contributed by atoms with Crippen LogP contribution in [0.25, 0.3) is 54.6 Å². The maximum absolute atomic E-state index is 3.74. The van der Waals surface area contributed by atoms with E-state index in [1.54, 1.807) is 0 Å². The largest absolute Gasteiger partial charge is 0.0610 e. The van der Waals surface area contributed by atoms with Crippen molar-refractivity contribution in [3.05, 3.63) is 82.3 Å². The summed E-state index contributed by atoms with van der Waals surface area (Å²) in [6, 6.07) is 24.8. The normalized spacial score (nSPS) is 12.3. The Morgan fingerprint density at radius 2 is 1.48 bits per heavy atom. The van der Waals surface area contributed by atoms with Crippen LogP contribution in [0.1, 0.15) is 11.1 Å². The number of benzene rings is 5. The molecule has 0 unspecified atom stereocenters. The first-order valence-electron chi connectivity index (χ1n) is 9.32. The Bertz CT molecular complexity index is 1440. The Morgan fingerprint density at radius 3 is 2.37 bits per heavy atom. The van der Waals surface area contributed by atoms with Gasteiger partial charge in [-0.25, -0.2) is 0 Å². The third-order valence-electron chi connectivity index (χ3n) is 6.10. The molecule has 0 N–H and O–H groups in total. The summed E-state index contributed by atoms with van der Waals surface area (Å²) in [7, 11) is 0. The van der Waals surface area contributed by atoms with E-state index in [1.807, 2.05) is 0 Å². The highest BCUT2D eigenvalue weighted by atomic mass is 79.9. The molecule has 1 heteroatoms. The van der Waals surface area contributed by atoms with Crippen molar-refractivity contribution in [2.45, 2.75) is 13.8 Å². The van der Waals surface area contributed by atoms with Gasteiger partial charge in [-0.15, -0.1) is 0 Å². The van der Waals surface area contributed by atoms with Crippen molar-refractivity contribution in [3.63, 3.8) is 0 Å². The van der Waals surface area contributed by atoms with E-state index in [0.29, 0.717) is 0 Å². The molecule has 0 fully saturated rings.